The number of phenols is 2. The fourth-order valence-electron chi connectivity index (χ4n) is 3.66. The average Bonchev–Trinajstić information content (AvgIpc) is 2.67. The number of rotatable bonds is 6. The number of nitrogens with zero attached hydrogens (tertiary/aromatic N) is 1. The first kappa shape index (κ1) is 21.3. The fourth-order valence-corrected chi connectivity index (χ4v) is 3.66. The largest absolute Gasteiger partial charge is 0.504 e. The molecule has 1 aliphatic rings. The second-order valence-corrected chi connectivity index (χ2v) is 8.73. The van der Waals surface area contributed by atoms with E-state index < -0.39 is 0 Å². The minimum absolute atomic E-state index is 0.0120. The summed E-state index contributed by atoms with van der Waals surface area (Å²) in [4.78, 5) is 2.30. The molecule has 2 aromatic carbocycles. The molecule has 0 aliphatic carbocycles. The Balaban J connectivity index is 1.61. The van der Waals surface area contributed by atoms with Gasteiger partial charge in [-0.25, -0.2) is 0 Å². The fraction of sp³-hybridized carbons (Fsp3) is 0.500. The van der Waals surface area contributed by atoms with E-state index in [0.717, 1.165) is 48.6 Å². The van der Waals surface area contributed by atoms with Crippen LogP contribution in [-0.4, -0.2) is 40.9 Å². The zero-order chi connectivity index (χ0) is 21.0. The summed E-state index contributed by atoms with van der Waals surface area (Å²) in [6.07, 6.45) is 1.97. The first-order valence-electron chi connectivity index (χ1n) is 10.4. The molecule has 1 saturated heterocycles. The second kappa shape index (κ2) is 8.95. The molecule has 0 atom stereocenters. The molecule has 0 spiro atoms. The average molecular weight is 400 g/mol. The van der Waals surface area contributed by atoms with Gasteiger partial charge in [0, 0.05) is 25.2 Å². The summed E-state index contributed by atoms with van der Waals surface area (Å²) in [5.74, 6) is 1.53. The summed E-state index contributed by atoms with van der Waals surface area (Å²) in [5.41, 5.74) is 1.71. The lowest BCUT2D eigenvalue weighted by atomic mass is 9.85. The number of para-hydroxylation sites is 2. The van der Waals surface area contributed by atoms with E-state index in [4.69, 9.17) is 9.47 Å². The maximum Gasteiger partial charge on any atom is 0.162 e. The molecule has 1 fully saturated rings. The Morgan fingerprint density at radius 3 is 2.31 bits per heavy atom. The van der Waals surface area contributed by atoms with Crippen molar-refractivity contribution in [2.75, 3.05) is 19.7 Å². The lowest BCUT2D eigenvalue weighted by Gasteiger charge is -2.33. The number of benzene rings is 2. The predicted molar refractivity (Wildman–Crippen MR) is 115 cm³/mol. The van der Waals surface area contributed by atoms with Crippen molar-refractivity contribution in [1.82, 2.24) is 4.90 Å². The quantitative estimate of drug-likeness (QED) is 0.681. The van der Waals surface area contributed by atoms with Crippen LogP contribution in [0.1, 0.15) is 51.7 Å². The molecule has 29 heavy (non-hydrogen) atoms. The van der Waals surface area contributed by atoms with Crippen LogP contribution in [0.4, 0.5) is 0 Å². The number of likely N-dealkylation sites (tertiary alicyclic amines) is 1. The van der Waals surface area contributed by atoms with Gasteiger partial charge in [-0.1, -0.05) is 39.0 Å². The lowest BCUT2D eigenvalue weighted by Crippen LogP contribution is -2.37. The van der Waals surface area contributed by atoms with Crippen LogP contribution < -0.4 is 9.47 Å². The van der Waals surface area contributed by atoms with Crippen molar-refractivity contribution < 1.29 is 19.7 Å². The van der Waals surface area contributed by atoms with Gasteiger partial charge in [0.05, 0.1) is 6.61 Å². The summed E-state index contributed by atoms with van der Waals surface area (Å²) >= 11 is 0. The highest BCUT2D eigenvalue weighted by Gasteiger charge is 2.24. The standard InChI is InChI=1S/C24H33NO4/c1-5-28-21-8-6-7-9-22(21)29-19-10-12-25(13-11-19)16-17-14-18(24(2,3)4)15-20(26)23(17)27/h6-9,14-15,19,26-27H,5,10-13,16H2,1-4H3. The van der Waals surface area contributed by atoms with Crippen molar-refractivity contribution in [3.05, 3.63) is 47.5 Å². The molecule has 0 amide bonds. The number of phenolic OH excluding ortho intramolecular Hbond substituents is 2. The Hall–Kier alpha value is -2.40. The number of hydrogen-bond acceptors (Lipinski definition) is 5. The molecule has 0 radical (unpaired) electrons. The number of hydrogen-bond donors (Lipinski definition) is 2. The Kier molecular flexibility index (Phi) is 6.58. The highest BCUT2D eigenvalue weighted by atomic mass is 16.5. The molecule has 5 nitrogen and oxygen atoms in total. The molecule has 0 aromatic heterocycles. The summed E-state index contributed by atoms with van der Waals surface area (Å²) in [6, 6.07) is 11.5. The van der Waals surface area contributed by atoms with Crippen molar-refractivity contribution in [2.45, 2.75) is 58.6 Å². The molecule has 0 bridgehead atoms. The molecule has 158 valence electrons. The topological polar surface area (TPSA) is 62.2 Å². The van der Waals surface area contributed by atoms with Crippen LogP contribution in [0.25, 0.3) is 0 Å². The van der Waals surface area contributed by atoms with Gasteiger partial charge in [0.1, 0.15) is 6.10 Å². The minimum atomic E-state index is -0.0886. The normalized spacial score (nSPS) is 16.0. The van der Waals surface area contributed by atoms with Crippen molar-refractivity contribution in [2.24, 2.45) is 0 Å². The molecule has 1 heterocycles. The van der Waals surface area contributed by atoms with Crippen LogP contribution in [0.5, 0.6) is 23.0 Å². The van der Waals surface area contributed by atoms with Gasteiger partial charge in [-0.2, -0.15) is 0 Å². The number of piperidine rings is 1. The first-order chi connectivity index (χ1) is 13.8. The maximum absolute atomic E-state index is 10.3. The summed E-state index contributed by atoms with van der Waals surface area (Å²) < 4.78 is 11.9. The van der Waals surface area contributed by atoms with E-state index in [-0.39, 0.29) is 23.0 Å². The van der Waals surface area contributed by atoms with E-state index >= 15 is 0 Å². The third-order valence-corrected chi connectivity index (χ3v) is 5.41. The van der Waals surface area contributed by atoms with Gasteiger partial charge in [-0.05, 0) is 48.9 Å². The molecular formula is C24H33NO4. The second-order valence-electron chi connectivity index (χ2n) is 8.73. The van der Waals surface area contributed by atoms with Gasteiger partial charge in [0.2, 0.25) is 0 Å². The third-order valence-electron chi connectivity index (χ3n) is 5.41. The number of ether oxygens (including phenoxy) is 2. The Morgan fingerprint density at radius 1 is 1.03 bits per heavy atom. The van der Waals surface area contributed by atoms with Gasteiger partial charge in [-0.15, -0.1) is 0 Å². The van der Waals surface area contributed by atoms with E-state index in [2.05, 4.69) is 25.7 Å². The monoisotopic (exact) mass is 399 g/mol. The van der Waals surface area contributed by atoms with Crippen molar-refractivity contribution in [3.63, 3.8) is 0 Å². The summed E-state index contributed by atoms with van der Waals surface area (Å²) in [6.45, 7) is 11.3. The van der Waals surface area contributed by atoms with E-state index in [9.17, 15) is 10.2 Å². The van der Waals surface area contributed by atoms with Gasteiger partial charge >= 0.3 is 0 Å². The predicted octanol–water partition coefficient (Wildman–Crippen LogP) is 4.84. The summed E-state index contributed by atoms with van der Waals surface area (Å²) in [5, 5.41) is 20.5. The highest BCUT2D eigenvalue weighted by Crippen LogP contribution is 2.36. The summed E-state index contributed by atoms with van der Waals surface area (Å²) in [7, 11) is 0. The third kappa shape index (κ3) is 5.36. The molecule has 2 aromatic rings. The van der Waals surface area contributed by atoms with Gasteiger partial charge in [-0.3, -0.25) is 4.90 Å². The molecule has 1 aliphatic heterocycles. The van der Waals surface area contributed by atoms with E-state index in [0.29, 0.717) is 13.2 Å². The van der Waals surface area contributed by atoms with Gasteiger partial charge in [0.25, 0.3) is 0 Å². The van der Waals surface area contributed by atoms with Crippen molar-refractivity contribution in [1.29, 1.82) is 0 Å². The molecule has 5 heteroatoms. The smallest absolute Gasteiger partial charge is 0.162 e. The van der Waals surface area contributed by atoms with E-state index in [1.54, 1.807) is 6.07 Å². The molecule has 0 saturated carbocycles. The highest BCUT2D eigenvalue weighted by molar-refractivity contribution is 5.49. The van der Waals surface area contributed by atoms with Crippen LogP contribution in [-0.2, 0) is 12.0 Å². The number of aromatic hydroxyl groups is 2. The van der Waals surface area contributed by atoms with Crippen LogP contribution in [0.3, 0.4) is 0 Å². The van der Waals surface area contributed by atoms with Gasteiger partial charge < -0.3 is 19.7 Å². The molecule has 0 unspecified atom stereocenters. The first-order valence-corrected chi connectivity index (χ1v) is 10.4. The van der Waals surface area contributed by atoms with E-state index in [1.165, 1.54) is 0 Å². The van der Waals surface area contributed by atoms with Crippen LogP contribution in [0.15, 0.2) is 36.4 Å². The van der Waals surface area contributed by atoms with Crippen LogP contribution >= 0.6 is 0 Å². The molecule has 2 N–H and O–H groups in total. The SMILES string of the molecule is CCOc1ccccc1OC1CCN(Cc2cc(C(C)(C)C)cc(O)c2O)CC1. The molecular weight excluding hydrogens is 366 g/mol. The minimum Gasteiger partial charge on any atom is -0.504 e. The van der Waals surface area contributed by atoms with E-state index in [1.807, 2.05) is 37.3 Å². The van der Waals surface area contributed by atoms with Crippen LogP contribution in [0.2, 0.25) is 0 Å². The Morgan fingerprint density at radius 2 is 1.69 bits per heavy atom. The van der Waals surface area contributed by atoms with Gasteiger partial charge in [0.15, 0.2) is 23.0 Å². The Bertz CT molecular complexity index is 820. The van der Waals surface area contributed by atoms with Crippen molar-refractivity contribution in [3.8, 4) is 23.0 Å². The maximum atomic E-state index is 10.3. The zero-order valence-electron chi connectivity index (χ0n) is 17.9. The zero-order valence-corrected chi connectivity index (χ0v) is 17.9. The molecule has 3 rings (SSSR count). The lowest BCUT2D eigenvalue weighted by molar-refractivity contribution is 0.0932. The Labute approximate surface area is 173 Å². The van der Waals surface area contributed by atoms with Crippen molar-refractivity contribution >= 4 is 0 Å². The van der Waals surface area contributed by atoms with Crippen LogP contribution in [0, 0.1) is 0 Å².